The van der Waals surface area contributed by atoms with Gasteiger partial charge in [-0.2, -0.15) is 0 Å². The van der Waals surface area contributed by atoms with E-state index < -0.39 is 6.04 Å². The Morgan fingerprint density at radius 2 is 1.63 bits per heavy atom. The Balaban J connectivity index is 1.59. The highest BCUT2D eigenvalue weighted by Crippen LogP contribution is 2.22. The highest BCUT2D eigenvalue weighted by atomic mass is 35.5. The van der Waals surface area contributed by atoms with E-state index in [1.54, 1.807) is 11.0 Å². The van der Waals surface area contributed by atoms with Crippen LogP contribution in [0.1, 0.15) is 62.1 Å². The minimum Gasteiger partial charge on any atom is -0.484 e. The zero-order valence-electron chi connectivity index (χ0n) is 22.2. The molecule has 0 heterocycles. The number of carbonyl (C=O) groups excluding carboxylic acids is 2. The normalized spacial score (nSPS) is 14.3. The van der Waals surface area contributed by atoms with Gasteiger partial charge < -0.3 is 15.0 Å². The number of nitrogens with one attached hydrogen (secondary N) is 1. The van der Waals surface area contributed by atoms with Crippen LogP contribution in [0.25, 0.3) is 0 Å². The molecular weight excluding hydrogens is 496 g/mol. The van der Waals surface area contributed by atoms with Crippen LogP contribution >= 0.6 is 11.6 Å². The Bertz CT molecular complexity index is 1190. The molecule has 3 aromatic rings. The molecule has 38 heavy (non-hydrogen) atoms. The monoisotopic (exact) mass is 532 g/mol. The first kappa shape index (κ1) is 27.7. The Morgan fingerprint density at radius 3 is 2.29 bits per heavy atom. The largest absolute Gasteiger partial charge is 0.484 e. The van der Waals surface area contributed by atoms with Crippen LogP contribution < -0.4 is 10.1 Å². The SMILES string of the molecule is CC(C)c1ccc(OCC(=O)N(Cc2cccc(Cl)c2)C(Cc2ccccc2)C(=O)NC2CCCC2)cc1. The quantitative estimate of drug-likeness (QED) is 0.305. The summed E-state index contributed by atoms with van der Waals surface area (Å²) in [7, 11) is 0. The van der Waals surface area contributed by atoms with Crippen LogP contribution in [0.5, 0.6) is 5.75 Å². The van der Waals surface area contributed by atoms with Gasteiger partial charge in [0, 0.05) is 24.0 Å². The molecule has 0 bridgehead atoms. The summed E-state index contributed by atoms with van der Waals surface area (Å²) in [4.78, 5) is 29.1. The van der Waals surface area contributed by atoms with Crippen molar-refractivity contribution in [1.82, 2.24) is 10.2 Å². The lowest BCUT2D eigenvalue weighted by molar-refractivity contribution is -0.143. The van der Waals surface area contributed by atoms with Crippen LogP contribution in [-0.2, 0) is 22.6 Å². The van der Waals surface area contributed by atoms with Crippen LogP contribution in [-0.4, -0.2) is 35.4 Å². The number of benzene rings is 3. The van der Waals surface area contributed by atoms with E-state index in [4.69, 9.17) is 16.3 Å². The number of hydrogen-bond acceptors (Lipinski definition) is 3. The molecule has 1 unspecified atom stereocenters. The van der Waals surface area contributed by atoms with Crippen LogP contribution in [0, 0.1) is 0 Å². The van der Waals surface area contributed by atoms with E-state index in [1.165, 1.54) is 5.56 Å². The lowest BCUT2D eigenvalue weighted by atomic mass is 10.0. The van der Waals surface area contributed by atoms with E-state index in [9.17, 15) is 9.59 Å². The molecule has 1 aliphatic rings. The molecule has 0 spiro atoms. The third-order valence-corrected chi connectivity index (χ3v) is 7.36. The van der Waals surface area contributed by atoms with Crippen molar-refractivity contribution in [3.63, 3.8) is 0 Å². The van der Waals surface area contributed by atoms with Gasteiger partial charge in [-0.05, 0) is 59.7 Å². The Kier molecular flexibility index (Phi) is 9.83. The molecule has 4 rings (SSSR count). The molecule has 5 nitrogen and oxygen atoms in total. The Morgan fingerprint density at radius 1 is 0.947 bits per heavy atom. The fourth-order valence-electron chi connectivity index (χ4n) is 4.93. The molecule has 0 aliphatic heterocycles. The van der Waals surface area contributed by atoms with Crippen LogP contribution in [0.3, 0.4) is 0 Å². The molecule has 1 N–H and O–H groups in total. The maximum Gasteiger partial charge on any atom is 0.261 e. The minimum atomic E-state index is -0.684. The summed E-state index contributed by atoms with van der Waals surface area (Å²) < 4.78 is 5.91. The van der Waals surface area contributed by atoms with E-state index in [0.29, 0.717) is 23.1 Å². The molecule has 0 saturated heterocycles. The molecular formula is C32H37ClN2O3. The molecule has 1 atom stereocenters. The molecule has 1 fully saturated rings. The van der Waals surface area contributed by atoms with Gasteiger partial charge in [-0.15, -0.1) is 0 Å². The highest BCUT2D eigenvalue weighted by molar-refractivity contribution is 6.30. The smallest absolute Gasteiger partial charge is 0.261 e. The standard InChI is InChI=1S/C32H37ClN2O3/c1-23(2)26-15-17-29(18-16-26)38-22-31(36)35(21-25-11-8-12-27(33)19-25)30(20-24-9-4-3-5-10-24)32(37)34-28-13-6-7-14-28/h3-5,8-12,15-19,23,28,30H,6-7,13-14,20-22H2,1-2H3,(H,34,37). The number of nitrogens with zero attached hydrogens (tertiary/aromatic N) is 1. The van der Waals surface area contributed by atoms with E-state index >= 15 is 0 Å². The van der Waals surface area contributed by atoms with Crippen molar-refractivity contribution in [2.75, 3.05) is 6.61 Å². The second kappa shape index (κ2) is 13.5. The zero-order chi connectivity index (χ0) is 26.9. The fourth-order valence-corrected chi connectivity index (χ4v) is 5.14. The summed E-state index contributed by atoms with van der Waals surface area (Å²) >= 11 is 6.26. The van der Waals surface area contributed by atoms with Gasteiger partial charge in [0.2, 0.25) is 5.91 Å². The van der Waals surface area contributed by atoms with Gasteiger partial charge in [0.05, 0.1) is 0 Å². The minimum absolute atomic E-state index is 0.127. The number of hydrogen-bond donors (Lipinski definition) is 1. The summed E-state index contributed by atoms with van der Waals surface area (Å²) in [6.07, 6.45) is 4.59. The topological polar surface area (TPSA) is 58.6 Å². The maximum absolute atomic E-state index is 13.7. The highest BCUT2D eigenvalue weighted by Gasteiger charge is 2.32. The predicted octanol–water partition coefficient (Wildman–Crippen LogP) is 6.54. The fraction of sp³-hybridized carbons (Fsp3) is 0.375. The van der Waals surface area contributed by atoms with Gasteiger partial charge in [0.15, 0.2) is 6.61 Å². The van der Waals surface area contributed by atoms with Gasteiger partial charge in [-0.3, -0.25) is 9.59 Å². The summed E-state index contributed by atoms with van der Waals surface area (Å²) in [5.74, 6) is 0.661. The number of amides is 2. The first-order valence-electron chi connectivity index (χ1n) is 13.5. The average Bonchev–Trinajstić information content (AvgIpc) is 3.43. The van der Waals surface area contributed by atoms with Crippen molar-refractivity contribution in [2.45, 2.75) is 70.5 Å². The molecule has 200 valence electrons. The maximum atomic E-state index is 13.7. The number of ether oxygens (including phenoxy) is 1. The first-order valence-corrected chi connectivity index (χ1v) is 13.9. The molecule has 1 saturated carbocycles. The van der Waals surface area contributed by atoms with E-state index in [0.717, 1.165) is 36.8 Å². The van der Waals surface area contributed by atoms with Crippen LogP contribution in [0.2, 0.25) is 5.02 Å². The lowest BCUT2D eigenvalue weighted by Gasteiger charge is -2.32. The van der Waals surface area contributed by atoms with Crippen LogP contribution in [0.15, 0.2) is 78.9 Å². The van der Waals surface area contributed by atoms with Gasteiger partial charge >= 0.3 is 0 Å². The Hall–Kier alpha value is -3.31. The van der Waals surface area contributed by atoms with Crippen molar-refractivity contribution in [2.24, 2.45) is 0 Å². The molecule has 6 heteroatoms. The summed E-state index contributed by atoms with van der Waals surface area (Å²) in [5, 5.41) is 3.81. The summed E-state index contributed by atoms with van der Waals surface area (Å²) in [6, 6.07) is 24.5. The third-order valence-electron chi connectivity index (χ3n) is 7.12. The van der Waals surface area contributed by atoms with Gasteiger partial charge in [0.1, 0.15) is 11.8 Å². The van der Waals surface area contributed by atoms with E-state index in [1.807, 2.05) is 72.8 Å². The van der Waals surface area contributed by atoms with Crippen molar-refractivity contribution in [3.05, 3.63) is 101 Å². The number of rotatable bonds is 11. The van der Waals surface area contributed by atoms with Crippen LogP contribution in [0.4, 0.5) is 0 Å². The average molecular weight is 533 g/mol. The number of halogens is 1. The molecule has 1 aliphatic carbocycles. The van der Waals surface area contributed by atoms with Gasteiger partial charge in [0.25, 0.3) is 5.91 Å². The molecule has 2 amide bonds. The van der Waals surface area contributed by atoms with E-state index in [2.05, 4.69) is 19.2 Å². The van der Waals surface area contributed by atoms with Crippen molar-refractivity contribution < 1.29 is 14.3 Å². The number of carbonyl (C=O) groups is 2. The Labute approximate surface area is 231 Å². The molecule has 3 aromatic carbocycles. The second-order valence-corrected chi connectivity index (χ2v) is 10.8. The van der Waals surface area contributed by atoms with Crippen molar-refractivity contribution in [3.8, 4) is 5.75 Å². The van der Waals surface area contributed by atoms with Crippen molar-refractivity contribution in [1.29, 1.82) is 0 Å². The van der Waals surface area contributed by atoms with Crippen molar-refractivity contribution >= 4 is 23.4 Å². The van der Waals surface area contributed by atoms with Gasteiger partial charge in [-0.25, -0.2) is 0 Å². The molecule has 0 radical (unpaired) electrons. The molecule has 0 aromatic heterocycles. The zero-order valence-corrected chi connectivity index (χ0v) is 23.0. The van der Waals surface area contributed by atoms with E-state index in [-0.39, 0.29) is 31.0 Å². The van der Waals surface area contributed by atoms with Gasteiger partial charge in [-0.1, -0.05) is 92.9 Å². The first-order chi connectivity index (χ1) is 18.4. The summed E-state index contributed by atoms with van der Waals surface area (Å²) in [5.41, 5.74) is 3.06. The third kappa shape index (κ3) is 7.84. The predicted molar refractivity (Wildman–Crippen MR) is 152 cm³/mol. The lowest BCUT2D eigenvalue weighted by Crippen LogP contribution is -2.53. The summed E-state index contributed by atoms with van der Waals surface area (Å²) in [6.45, 7) is 4.36. The second-order valence-electron chi connectivity index (χ2n) is 10.4.